The first-order valence-electron chi connectivity index (χ1n) is 6.17. The maximum atomic E-state index is 11.8. The highest BCUT2D eigenvalue weighted by Gasteiger charge is 2.08. The Morgan fingerprint density at radius 2 is 2.15 bits per heavy atom. The Hall–Kier alpha value is -2.56. The van der Waals surface area contributed by atoms with Gasteiger partial charge in [-0.1, -0.05) is 12.1 Å². The smallest absolute Gasteiger partial charge is 0.262 e. The van der Waals surface area contributed by atoms with E-state index < -0.39 is 0 Å². The van der Waals surface area contributed by atoms with Crippen LogP contribution in [-0.2, 0) is 4.79 Å². The monoisotopic (exact) mass is 272 g/mol. The number of aromatic nitrogens is 1. The molecule has 0 saturated heterocycles. The van der Waals surface area contributed by atoms with Crippen LogP contribution in [0.5, 0.6) is 11.6 Å². The molecule has 0 spiro atoms. The van der Waals surface area contributed by atoms with E-state index >= 15 is 0 Å². The van der Waals surface area contributed by atoms with Gasteiger partial charge in [-0.05, 0) is 30.7 Å². The Kier molecular flexibility index (Phi) is 4.55. The zero-order valence-electron chi connectivity index (χ0n) is 11.4. The molecule has 5 heteroatoms. The molecule has 2 aromatic rings. The van der Waals surface area contributed by atoms with Gasteiger partial charge >= 0.3 is 0 Å². The van der Waals surface area contributed by atoms with Gasteiger partial charge in [0.2, 0.25) is 5.88 Å². The molecule has 0 bridgehead atoms. The number of amides is 1. The third-order valence-electron chi connectivity index (χ3n) is 2.62. The van der Waals surface area contributed by atoms with Crippen LogP contribution in [0.15, 0.2) is 42.6 Å². The van der Waals surface area contributed by atoms with Crippen LogP contribution in [0.1, 0.15) is 5.56 Å². The van der Waals surface area contributed by atoms with Gasteiger partial charge in [-0.3, -0.25) is 4.79 Å². The highest BCUT2D eigenvalue weighted by Crippen LogP contribution is 2.25. The van der Waals surface area contributed by atoms with Gasteiger partial charge in [0.25, 0.3) is 5.91 Å². The fraction of sp³-hybridized carbons (Fsp3) is 0.200. The molecule has 0 saturated carbocycles. The van der Waals surface area contributed by atoms with Crippen LogP contribution >= 0.6 is 0 Å². The number of carbonyl (C=O) groups is 1. The number of benzene rings is 1. The Balaban J connectivity index is 1.96. The molecular formula is C15H16N2O3. The lowest BCUT2D eigenvalue weighted by Gasteiger charge is -2.11. The highest BCUT2D eigenvalue weighted by molar-refractivity contribution is 5.93. The zero-order chi connectivity index (χ0) is 14.4. The molecule has 1 heterocycles. The van der Waals surface area contributed by atoms with Crippen molar-refractivity contribution in [2.24, 2.45) is 0 Å². The fourth-order valence-electron chi connectivity index (χ4n) is 1.68. The quantitative estimate of drug-likeness (QED) is 0.908. The molecule has 104 valence electrons. The molecule has 5 nitrogen and oxygen atoms in total. The highest BCUT2D eigenvalue weighted by atomic mass is 16.5. The SMILES string of the molecule is COc1ccc(C)cc1NC(=O)COc1ccccn1. The van der Waals surface area contributed by atoms with Crippen LogP contribution in [0.25, 0.3) is 0 Å². The molecule has 0 fully saturated rings. The molecule has 20 heavy (non-hydrogen) atoms. The van der Waals surface area contributed by atoms with Crippen molar-refractivity contribution in [2.45, 2.75) is 6.92 Å². The second-order valence-corrected chi connectivity index (χ2v) is 4.21. The van der Waals surface area contributed by atoms with Gasteiger partial charge in [0.15, 0.2) is 6.61 Å². The van der Waals surface area contributed by atoms with Gasteiger partial charge in [-0.2, -0.15) is 0 Å². The molecule has 1 aromatic heterocycles. The van der Waals surface area contributed by atoms with Crippen molar-refractivity contribution in [3.8, 4) is 11.6 Å². The first-order valence-corrected chi connectivity index (χ1v) is 6.17. The summed E-state index contributed by atoms with van der Waals surface area (Å²) < 4.78 is 10.5. The molecule has 0 atom stereocenters. The zero-order valence-corrected chi connectivity index (χ0v) is 11.4. The second-order valence-electron chi connectivity index (χ2n) is 4.21. The summed E-state index contributed by atoms with van der Waals surface area (Å²) in [5, 5.41) is 2.76. The molecule has 0 radical (unpaired) electrons. The summed E-state index contributed by atoms with van der Waals surface area (Å²) >= 11 is 0. The van der Waals surface area contributed by atoms with Gasteiger partial charge in [-0.15, -0.1) is 0 Å². The van der Waals surface area contributed by atoms with E-state index in [9.17, 15) is 4.79 Å². The summed E-state index contributed by atoms with van der Waals surface area (Å²) in [5.74, 6) is 0.764. The Bertz CT molecular complexity index is 585. The number of nitrogens with zero attached hydrogens (tertiary/aromatic N) is 1. The summed E-state index contributed by atoms with van der Waals surface area (Å²) in [6.45, 7) is 1.84. The number of nitrogens with one attached hydrogen (secondary N) is 1. The van der Waals surface area contributed by atoms with Crippen LogP contribution in [0, 0.1) is 6.92 Å². The van der Waals surface area contributed by atoms with Crippen LogP contribution in [-0.4, -0.2) is 24.6 Å². The molecule has 2 rings (SSSR count). The third-order valence-corrected chi connectivity index (χ3v) is 2.62. The molecule has 0 aliphatic carbocycles. The lowest BCUT2D eigenvalue weighted by atomic mass is 10.2. The average Bonchev–Trinajstić information content (AvgIpc) is 2.46. The minimum Gasteiger partial charge on any atom is -0.495 e. The van der Waals surface area contributed by atoms with E-state index in [1.165, 1.54) is 0 Å². The van der Waals surface area contributed by atoms with Crippen molar-refractivity contribution in [1.29, 1.82) is 0 Å². The average molecular weight is 272 g/mol. The lowest BCUT2D eigenvalue weighted by Crippen LogP contribution is -2.20. The minimum atomic E-state index is -0.264. The largest absolute Gasteiger partial charge is 0.495 e. The van der Waals surface area contributed by atoms with Crippen LogP contribution < -0.4 is 14.8 Å². The first kappa shape index (κ1) is 13.9. The van der Waals surface area contributed by atoms with Gasteiger partial charge in [0.05, 0.1) is 12.8 Å². The number of aryl methyl sites for hydroxylation is 1. The number of anilines is 1. The number of methoxy groups -OCH3 is 1. The second kappa shape index (κ2) is 6.56. The summed E-state index contributed by atoms with van der Waals surface area (Å²) in [6, 6.07) is 10.8. The Morgan fingerprint density at radius 1 is 1.30 bits per heavy atom. The number of ether oxygens (including phenoxy) is 2. The van der Waals surface area contributed by atoms with Gasteiger partial charge in [-0.25, -0.2) is 4.98 Å². The van der Waals surface area contributed by atoms with Gasteiger partial charge < -0.3 is 14.8 Å². The Labute approximate surface area is 117 Å². The summed E-state index contributed by atoms with van der Waals surface area (Å²) in [4.78, 5) is 15.8. The Morgan fingerprint density at radius 3 is 2.85 bits per heavy atom. The van der Waals surface area contributed by atoms with Crippen molar-refractivity contribution >= 4 is 11.6 Å². The lowest BCUT2D eigenvalue weighted by molar-refractivity contribution is -0.118. The van der Waals surface area contributed by atoms with Crippen molar-refractivity contribution < 1.29 is 14.3 Å². The number of hydrogen-bond donors (Lipinski definition) is 1. The first-order chi connectivity index (χ1) is 9.69. The molecule has 1 amide bonds. The number of pyridine rings is 1. The van der Waals surface area contributed by atoms with E-state index in [4.69, 9.17) is 9.47 Å². The van der Waals surface area contributed by atoms with E-state index in [2.05, 4.69) is 10.3 Å². The predicted molar refractivity (Wildman–Crippen MR) is 76.1 cm³/mol. The van der Waals surface area contributed by atoms with Crippen molar-refractivity contribution in [3.05, 3.63) is 48.2 Å². The molecule has 1 aromatic carbocycles. The number of carbonyl (C=O) groups excluding carboxylic acids is 1. The van der Waals surface area contributed by atoms with Crippen molar-refractivity contribution in [3.63, 3.8) is 0 Å². The molecule has 0 aliphatic rings. The standard InChI is InChI=1S/C15H16N2O3/c1-11-6-7-13(19-2)12(9-11)17-14(18)10-20-15-5-3-4-8-16-15/h3-9H,10H2,1-2H3,(H,17,18). The molecule has 0 aliphatic heterocycles. The fourth-order valence-corrected chi connectivity index (χ4v) is 1.68. The van der Waals surface area contributed by atoms with E-state index in [0.717, 1.165) is 5.56 Å². The third kappa shape index (κ3) is 3.71. The maximum absolute atomic E-state index is 11.8. The molecular weight excluding hydrogens is 256 g/mol. The minimum absolute atomic E-state index is 0.103. The topological polar surface area (TPSA) is 60.5 Å². The van der Waals surface area contributed by atoms with Gasteiger partial charge in [0.1, 0.15) is 5.75 Å². The predicted octanol–water partition coefficient (Wildman–Crippen LogP) is 2.42. The van der Waals surface area contributed by atoms with E-state index in [1.807, 2.05) is 25.1 Å². The molecule has 0 unspecified atom stereocenters. The summed E-state index contributed by atoms with van der Waals surface area (Å²) in [5.41, 5.74) is 1.66. The van der Waals surface area contributed by atoms with E-state index in [0.29, 0.717) is 17.3 Å². The summed E-state index contributed by atoms with van der Waals surface area (Å²) in [6.07, 6.45) is 1.61. The van der Waals surface area contributed by atoms with Crippen LogP contribution in [0.4, 0.5) is 5.69 Å². The normalized spacial score (nSPS) is 9.90. The maximum Gasteiger partial charge on any atom is 0.262 e. The van der Waals surface area contributed by atoms with Crippen molar-refractivity contribution in [2.75, 3.05) is 19.0 Å². The van der Waals surface area contributed by atoms with Crippen LogP contribution in [0.3, 0.4) is 0 Å². The number of rotatable bonds is 5. The van der Waals surface area contributed by atoms with Gasteiger partial charge in [0, 0.05) is 12.3 Å². The molecule has 1 N–H and O–H groups in total. The van der Waals surface area contributed by atoms with Crippen LogP contribution in [0.2, 0.25) is 0 Å². The summed E-state index contributed by atoms with van der Waals surface area (Å²) in [7, 11) is 1.56. The van der Waals surface area contributed by atoms with Crippen molar-refractivity contribution in [1.82, 2.24) is 4.98 Å². The number of hydrogen-bond acceptors (Lipinski definition) is 4. The van der Waals surface area contributed by atoms with E-state index in [1.54, 1.807) is 31.5 Å². The van der Waals surface area contributed by atoms with E-state index in [-0.39, 0.29) is 12.5 Å².